The Bertz CT molecular complexity index is 1130. The fraction of sp³-hybridized carbons (Fsp3) is 0.333. The highest BCUT2D eigenvalue weighted by Crippen LogP contribution is 2.54. The first-order chi connectivity index (χ1) is 16.6. The maximum Gasteiger partial charge on any atom is 0.140 e. The zero-order chi connectivity index (χ0) is 23.5. The van der Waals surface area contributed by atoms with Crippen molar-refractivity contribution in [2.45, 2.75) is 22.7 Å². The Hall–Kier alpha value is -2.90. The Labute approximate surface area is 203 Å². The fourth-order valence-corrected chi connectivity index (χ4v) is 5.87. The molecule has 1 saturated heterocycles. The summed E-state index contributed by atoms with van der Waals surface area (Å²) in [5, 5.41) is 19.9. The molecule has 2 aliphatic rings. The molecule has 3 aromatic carbocycles. The molecule has 3 aromatic rings. The molecule has 2 aliphatic heterocycles. The molecule has 5 nitrogen and oxygen atoms in total. The van der Waals surface area contributed by atoms with E-state index in [-0.39, 0.29) is 35.4 Å². The zero-order valence-corrected chi connectivity index (χ0v) is 19.6. The Kier molecular flexibility index (Phi) is 6.83. The van der Waals surface area contributed by atoms with Crippen molar-refractivity contribution in [3.63, 3.8) is 0 Å². The average molecular weight is 482 g/mol. The summed E-state index contributed by atoms with van der Waals surface area (Å²) in [6.07, 6.45) is 0.647. The molecule has 0 amide bonds. The first-order valence-corrected chi connectivity index (χ1v) is 12.4. The van der Waals surface area contributed by atoms with Gasteiger partial charge < -0.3 is 19.7 Å². The third kappa shape index (κ3) is 5.10. The first-order valence-electron chi connectivity index (χ1n) is 11.6. The summed E-state index contributed by atoms with van der Waals surface area (Å²) >= 11 is 1.61. The number of halogens is 1. The van der Waals surface area contributed by atoms with E-state index in [1.165, 1.54) is 0 Å². The second-order valence-electron chi connectivity index (χ2n) is 8.83. The number of aromatic hydroxyl groups is 2. The van der Waals surface area contributed by atoms with Gasteiger partial charge >= 0.3 is 0 Å². The van der Waals surface area contributed by atoms with E-state index in [2.05, 4.69) is 4.90 Å². The van der Waals surface area contributed by atoms with Crippen molar-refractivity contribution in [1.29, 1.82) is 0 Å². The molecule has 0 radical (unpaired) electrons. The number of benzene rings is 3. The molecular formula is C27H28FNO4S. The molecule has 2 heterocycles. The number of alkyl halides is 1. The van der Waals surface area contributed by atoms with Crippen LogP contribution in [0.25, 0.3) is 0 Å². The van der Waals surface area contributed by atoms with E-state index >= 15 is 0 Å². The lowest BCUT2D eigenvalue weighted by atomic mass is 10.00. The van der Waals surface area contributed by atoms with Gasteiger partial charge in [-0.2, -0.15) is 0 Å². The van der Waals surface area contributed by atoms with Crippen LogP contribution in [0.3, 0.4) is 0 Å². The van der Waals surface area contributed by atoms with E-state index in [1.54, 1.807) is 42.1 Å². The summed E-state index contributed by atoms with van der Waals surface area (Å²) in [6, 6.07) is 20.2. The van der Waals surface area contributed by atoms with Crippen LogP contribution in [0.2, 0.25) is 0 Å². The summed E-state index contributed by atoms with van der Waals surface area (Å²) in [4.78, 5) is 3.11. The van der Waals surface area contributed by atoms with E-state index in [0.29, 0.717) is 6.61 Å². The van der Waals surface area contributed by atoms with Gasteiger partial charge in [0, 0.05) is 19.0 Å². The van der Waals surface area contributed by atoms with Crippen LogP contribution in [0, 0.1) is 5.92 Å². The highest BCUT2D eigenvalue weighted by atomic mass is 32.2. The number of ether oxygens (including phenoxy) is 2. The van der Waals surface area contributed by atoms with E-state index in [4.69, 9.17) is 9.47 Å². The predicted molar refractivity (Wildman–Crippen MR) is 131 cm³/mol. The van der Waals surface area contributed by atoms with Gasteiger partial charge in [-0.1, -0.05) is 24.3 Å². The molecule has 34 heavy (non-hydrogen) atoms. The lowest BCUT2D eigenvalue weighted by molar-refractivity contribution is 0.190. The largest absolute Gasteiger partial charge is 0.508 e. The molecule has 0 spiro atoms. The van der Waals surface area contributed by atoms with Crippen LogP contribution in [0.15, 0.2) is 71.6 Å². The number of likely N-dealkylation sites (tertiary alicyclic amines) is 1. The average Bonchev–Trinajstić information content (AvgIpc) is 3.32. The van der Waals surface area contributed by atoms with Gasteiger partial charge in [0.05, 0.1) is 16.8 Å². The van der Waals surface area contributed by atoms with Gasteiger partial charge in [-0.3, -0.25) is 9.29 Å². The number of thioether (sulfide) groups is 1. The Morgan fingerprint density at radius 3 is 2.59 bits per heavy atom. The Morgan fingerprint density at radius 2 is 1.82 bits per heavy atom. The molecular weight excluding hydrogens is 453 g/mol. The van der Waals surface area contributed by atoms with Crippen molar-refractivity contribution in [2.75, 3.05) is 32.9 Å². The molecule has 0 saturated carbocycles. The van der Waals surface area contributed by atoms with Crippen molar-refractivity contribution in [3.8, 4) is 23.0 Å². The second kappa shape index (κ2) is 10.2. The second-order valence-corrected chi connectivity index (χ2v) is 10.0. The van der Waals surface area contributed by atoms with Crippen molar-refractivity contribution < 1.29 is 24.1 Å². The van der Waals surface area contributed by atoms with Crippen molar-refractivity contribution in [1.82, 2.24) is 4.90 Å². The molecule has 5 rings (SSSR count). The summed E-state index contributed by atoms with van der Waals surface area (Å²) < 4.78 is 25.1. The van der Waals surface area contributed by atoms with E-state index in [0.717, 1.165) is 53.6 Å². The smallest absolute Gasteiger partial charge is 0.140 e. The van der Waals surface area contributed by atoms with Gasteiger partial charge in [0.1, 0.15) is 35.7 Å². The van der Waals surface area contributed by atoms with E-state index in [1.807, 2.05) is 36.4 Å². The van der Waals surface area contributed by atoms with Gasteiger partial charge in [0.25, 0.3) is 0 Å². The molecule has 178 valence electrons. The molecule has 7 heteroatoms. The number of rotatable bonds is 7. The van der Waals surface area contributed by atoms with Crippen LogP contribution in [0.5, 0.6) is 23.0 Å². The molecule has 2 N–H and O–H groups in total. The lowest BCUT2D eigenvalue weighted by Gasteiger charge is -2.34. The SMILES string of the molecule is Oc1cccc([C@H]2Sc3cc(O)ccc3O[C@H]2c2ccc(OCCN3CC[C@@H](CF)C3)cc2)c1. The van der Waals surface area contributed by atoms with Crippen LogP contribution in [0.1, 0.15) is 28.9 Å². The molecule has 1 fully saturated rings. The molecule has 0 unspecified atom stereocenters. The molecule has 0 aliphatic carbocycles. The number of hydrogen-bond acceptors (Lipinski definition) is 6. The summed E-state index contributed by atoms with van der Waals surface area (Å²) in [6.45, 7) is 2.87. The monoisotopic (exact) mass is 481 g/mol. The minimum absolute atomic E-state index is 0.105. The van der Waals surface area contributed by atoms with Crippen LogP contribution in [-0.2, 0) is 0 Å². The number of nitrogens with zero attached hydrogens (tertiary/aromatic N) is 1. The first kappa shape index (κ1) is 22.9. The maximum atomic E-state index is 12.8. The molecule has 3 atom stereocenters. The van der Waals surface area contributed by atoms with Crippen LogP contribution >= 0.6 is 11.8 Å². The third-order valence-electron chi connectivity index (χ3n) is 6.38. The number of phenols is 2. The highest BCUT2D eigenvalue weighted by molar-refractivity contribution is 7.99. The molecule has 0 bridgehead atoms. The van der Waals surface area contributed by atoms with Gasteiger partial charge in [-0.05, 0) is 66.6 Å². The van der Waals surface area contributed by atoms with Crippen molar-refractivity contribution >= 4 is 11.8 Å². The summed E-state index contributed by atoms with van der Waals surface area (Å²) in [5.41, 5.74) is 1.94. The maximum absolute atomic E-state index is 12.8. The van der Waals surface area contributed by atoms with Gasteiger partial charge in [0.2, 0.25) is 0 Å². The fourth-order valence-electron chi connectivity index (χ4n) is 4.56. The standard InChI is InChI=1S/C27H28FNO4S/c28-16-18-10-11-29(17-18)12-13-32-23-7-4-19(5-8-23)26-27(20-2-1-3-21(30)14-20)34-25-15-22(31)6-9-24(25)33-26/h1-9,14-15,18,26-27,30-31H,10-13,16-17H2/t18-,26-,27+/m0/s1. The highest BCUT2D eigenvalue weighted by Gasteiger charge is 2.34. The predicted octanol–water partition coefficient (Wildman–Crippen LogP) is 5.74. The van der Waals surface area contributed by atoms with Gasteiger partial charge in [-0.15, -0.1) is 11.8 Å². The normalized spacial score (nSPS) is 22.2. The lowest BCUT2D eigenvalue weighted by Crippen LogP contribution is -2.26. The van der Waals surface area contributed by atoms with E-state index in [9.17, 15) is 14.6 Å². The zero-order valence-electron chi connectivity index (χ0n) is 18.8. The van der Waals surface area contributed by atoms with Crippen molar-refractivity contribution in [3.05, 3.63) is 77.9 Å². The summed E-state index contributed by atoms with van der Waals surface area (Å²) in [7, 11) is 0. The van der Waals surface area contributed by atoms with Crippen LogP contribution in [-0.4, -0.2) is 48.0 Å². The minimum Gasteiger partial charge on any atom is -0.508 e. The topological polar surface area (TPSA) is 62.2 Å². The van der Waals surface area contributed by atoms with Crippen molar-refractivity contribution in [2.24, 2.45) is 5.92 Å². The molecule has 0 aromatic heterocycles. The van der Waals surface area contributed by atoms with Gasteiger partial charge in [0.15, 0.2) is 0 Å². The Balaban J connectivity index is 1.30. The quantitative estimate of drug-likeness (QED) is 0.449. The van der Waals surface area contributed by atoms with Crippen LogP contribution in [0.4, 0.5) is 4.39 Å². The van der Waals surface area contributed by atoms with Gasteiger partial charge in [-0.25, -0.2) is 0 Å². The number of fused-ring (bicyclic) bond motifs is 1. The number of phenolic OH excluding ortho intramolecular Hbond substituents is 2. The summed E-state index contributed by atoms with van der Waals surface area (Å²) in [5.74, 6) is 2.08. The Morgan fingerprint density at radius 1 is 1.00 bits per heavy atom. The minimum atomic E-state index is -0.278. The van der Waals surface area contributed by atoms with Crippen LogP contribution < -0.4 is 9.47 Å². The third-order valence-corrected chi connectivity index (χ3v) is 7.73. The number of hydrogen-bond donors (Lipinski definition) is 2. The van der Waals surface area contributed by atoms with E-state index < -0.39 is 0 Å².